The number of halogens is 1. The summed E-state index contributed by atoms with van der Waals surface area (Å²) in [7, 11) is 2.16. The van der Waals surface area contributed by atoms with E-state index in [1.165, 1.54) is 0 Å². The fraction of sp³-hybridized carbons (Fsp3) is 0.600. The third-order valence-electron chi connectivity index (χ3n) is 3.81. The second-order valence-electron chi connectivity index (χ2n) is 5.55. The number of nitrogens with zero attached hydrogens (tertiary/aromatic N) is 2. The van der Waals surface area contributed by atoms with E-state index in [1.807, 2.05) is 18.2 Å². The first-order chi connectivity index (χ1) is 8.99. The summed E-state index contributed by atoms with van der Waals surface area (Å²) in [5.74, 6) is 0. The fourth-order valence-electron chi connectivity index (χ4n) is 2.75. The Morgan fingerprint density at radius 3 is 2.74 bits per heavy atom. The molecule has 1 N–H and O–H groups in total. The minimum Gasteiger partial charge on any atom is -0.389 e. The topological polar surface area (TPSA) is 26.7 Å². The molecule has 1 aromatic rings. The predicted octanol–water partition coefficient (Wildman–Crippen LogP) is 2.92. The summed E-state index contributed by atoms with van der Waals surface area (Å²) >= 11 is 6.40. The van der Waals surface area contributed by atoms with E-state index >= 15 is 0 Å². The maximum atomic E-state index is 9.60. The Kier molecular flexibility index (Phi) is 4.71. The second-order valence-corrected chi connectivity index (χ2v) is 5.95. The molecule has 1 fully saturated rings. The number of rotatable bonds is 2. The van der Waals surface area contributed by atoms with Crippen molar-refractivity contribution in [1.82, 2.24) is 4.90 Å². The lowest BCUT2D eigenvalue weighted by atomic mass is 10.1. The van der Waals surface area contributed by atoms with Crippen LogP contribution in [-0.2, 0) is 0 Å². The zero-order chi connectivity index (χ0) is 14.0. The standard InChI is InChI=1S/C15H23ClN2O/c1-11-10-17(3)7-4-8-18(11)15-6-5-13(12(2)19)9-14(15)16/h5-6,9,11-12,19H,4,7-8,10H2,1-3H3/t11?,12-/m1/s1. The summed E-state index contributed by atoms with van der Waals surface area (Å²) in [6.45, 7) is 7.20. The maximum Gasteiger partial charge on any atom is 0.0762 e. The van der Waals surface area contributed by atoms with E-state index in [9.17, 15) is 5.11 Å². The molecule has 2 atom stereocenters. The van der Waals surface area contributed by atoms with Crippen LogP contribution in [0.2, 0.25) is 5.02 Å². The molecule has 0 spiro atoms. The highest BCUT2D eigenvalue weighted by molar-refractivity contribution is 6.33. The maximum absolute atomic E-state index is 9.60. The molecule has 0 radical (unpaired) electrons. The molecular weight excluding hydrogens is 260 g/mol. The van der Waals surface area contributed by atoms with E-state index in [4.69, 9.17) is 11.6 Å². The Labute approximate surface area is 120 Å². The van der Waals surface area contributed by atoms with Gasteiger partial charge in [-0.25, -0.2) is 0 Å². The average Bonchev–Trinajstić information content (AvgIpc) is 2.50. The van der Waals surface area contributed by atoms with Gasteiger partial charge in [0, 0.05) is 19.1 Å². The van der Waals surface area contributed by atoms with Gasteiger partial charge in [-0.2, -0.15) is 0 Å². The first-order valence-corrected chi connectivity index (χ1v) is 7.29. The Morgan fingerprint density at radius 1 is 1.37 bits per heavy atom. The van der Waals surface area contributed by atoms with Gasteiger partial charge in [0.05, 0.1) is 16.8 Å². The predicted molar refractivity (Wildman–Crippen MR) is 81.0 cm³/mol. The van der Waals surface area contributed by atoms with Gasteiger partial charge in [-0.15, -0.1) is 0 Å². The van der Waals surface area contributed by atoms with Gasteiger partial charge in [-0.1, -0.05) is 17.7 Å². The third kappa shape index (κ3) is 3.41. The number of anilines is 1. The van der Waals surface area contributed by atoms with Gasteiger partial charge in [-0.3, -0.25) is 0 Å². The zero-order valence-corrected chi connectivity index (χ0v) is 12.7. The lowest BCUT2D eigenvalue weighted by Gasteiger charge is -2.31. The zero-order valence-electron chi connectivity index (χ0n) is 11.9. The minimum absolute atomic E-state index is 0.447. The summed E-state index contributed by atoms with van der Waals surface area (Å²) in [5.41, 5.74) is 1.95. The van der Waals surface area contributed by atoms with E-state index in [-0.39, 0.29) is 0 Å². The summed E-state index contributed by atoms with van der Waals surface area (Å²) in [4.78, 5) is 4.74. The van der Waals surface area contributed by atoms with Crippen LogP contribution in [0.3, 0.4) is 0 Å². The van der Waals surface area contributed by atoms with Crippen LogP contribution in [0.15, 0.2) is 18.2 Å². The van der Waals surface area contributed by atoms with Gasteiger partial charge in [0.15, 0.2) is 0 Å². The van der Waals surface area contributed by atoms with Gasteiger partial charge >= 0.3 is 0 Å². The Hall–Kier alpha value is -0.770. The molecule has 106 valence electrons. The highest BCUT2D eigenvalue weighted by Crippen LogP contribution is 2.31. The summed E-state index contributed by atoms with van der Waals surface area (Å²) in [6, 6.07) is 6.32. The van der Waals surface area contributed by atoms with Crippen LogP contribution in [-0.4, -0.2) is 42.7 Å². The number of benzene rings is 1. The van der Waals surface area contributed by atoms with E-state index in [0.29, 0.717) is 6.04 Å². The second kappa shape index (κ2) is 6.12. The van der Waals surface area contributed by atoms with Crippen molar-refractivity contribution in [2.24, 2.45) is 0 Å². The van der Waals surface area contributed by atoms with Crippen molar-refractivity contribution in [3.8, 4) is 0 Å². The Balaban J connectivity index is 2.25. The molecule has 1 aliphatic rings. The van der Waals surface area contributed by atoms with Gasteiger partial charge in [0.25, 0.3) is 0 Å². The smallest absolute Gasteiger partial charge is 0.0762 e. The minimum atomic E-state index is -0.473. The van der Waals surface area contributed by atoms with Crippen molar-refractivity contribution >= 4 is 17.3 Å². The number of hydrogen-bond donors (Lipinski definition) is 1. The van der Waals surface area contributed by atoms with Gasteiger partial charge in [0.1, 0.15) is 0 Å². The summed E-state index contributed by atoms with van der Waals surface area (Å²) in [5, 5.41) is 10.3. The lowest BCUT2D eigenvalue weighted by molar-refractivity contribution is 0.199. The van der Waals surface area contributed by atoms with Crippen LogP contribution in [0.1, 0.15) is 31.9 Å². The van der Waals surface area contributed by atoms with E-state index < -0.39 is 6.10 Å². The molecule has 1 saturated heterocycles. The molecule has 3 nitrogen and oxygen atoms in total. The van der Waals surface area contributed by atoms with Crippen LogP contribution in [0.4, 0.5) is 5.69 Å². The van der Waals surface area contributed by atoms with Crippen molar-refractivity contribution in [2.75, 3.05) is 31.6 Å². The van der Waals surface area contributed by atoms with E-state index in [0.717, 1.165) is 42.3 Å². The number of hydrogen-bond acceptors (Lipinski definition) is 3. The van der Waals surface area contributed by atoms with Gasteiger partial charge < -0.3 is 14.9 Å². The number of aliphatic hydroxyl groups excluding tert-OH is 1. The molecule has 0 aromatic heterocycles. The summed E-state index contributed by atoms with van der Waals surface area (Å²) < 4.78 is 0. The van der Waals surface area contributed by atoms with E-state index in [2.05, 4.69) is 23.8 Å². The highest BCUT2D eigenvalue weighted by Gasteiger charge is 2.21. The molecule has 2 rings (SSSR count). The van der Waals surface area contributed by atoms with Gasteiger partial charge in [-0.05, 0) is 51.6 Å². The first-order valence-electron chi connectivity index (χ1n) is 6.91. The van der Waals surface area contributed by atoms with Crippen LogP contribution >= 0.6 is 11.6 Å². The first kappa shape index (κ1) is 14.6. The van der Waals surface area contributed by atoms with Crippen LogP contribution < -0.4 is 4.90 Å². The Bertz CT molecular complexity index is 436. The van der Waals surface area contributed by atoms with E-state index in [1.54, 1.807) is 6.92 Å². The van der Waals surface area contributed by atoms with Crippen molar-refractivity contribution in [3.63, 3.8) is 0 Å². The molecule has 19 heavy (non-hydrogen) atoms. The van der Waals surface area contributed by atoms with Crippen molar-refractivity contribution < 1.29 is 5.11 Å². The SMILES string of the molecule is CC1CN(C)CCCN1c1ccc([C@@H](C)O)cc1Cl. The Morgan fingerprint density at radius 2 is 2.11 bits per heavy atom. The molecule has 1 aromatic carbocycles. The molecule has 1 unspecified atom stereocenters. The fourth-order valence-corrected chi connectivity index (χ4v) is 3.04. The van der Waals surface area contributed by atoms with Crippen molar-refractivity contribution in [2.45, 2.75) is 32.4 Å². The normalized spacial score (nSPS) is 23.2. The average molecular weight is 283 g/mol. The third-order valence-corrected chi connectivity index (χ3v) is 4.11. The van der Waals surface area contributed by atoms with Crippen LogP contribution in [0.25, 0.3) is 0 Å². The largest absolute Gasteiger partial charge is 0.389 e. The van der Waals surface area contributed by atoms with Crippen LogP contribution in [0.5, 0.6) is 0 Å². The van der Waals surface area contributed by atoms with Crippen LogP contribution in [0, 0.1) is 0 Å². The molecule has 1 aliphatic heterocycles. The highest BCUT2D eigenvalue weighted by atomic mass is 35.5. The number of likely N-dealkylation sites (N-methyl/N-ethyl adjacent to an activating group) is 1. The quantitative estimate of drug-likeness (QED) is 0.903. The summed E-state index contributed by atoms with van der Waals surface area (Å²) in [6.07, 6.45) is 0.675. The molecule has 4 heteroatoms. The molecule has 0 saturated carbocycles. The number of aliphatic hydroxyl groups is 1. The molecule has 1 heterocycles. The molecular formula is C15H23ClN2O. The van der Waals surface area contributed by atoms with Gasteiger partial charge in [0.2, 0.25) is 0 Å². The molecule has 0 amide bonds. The van der Waals surface area contributed by atoms with Crippen molar-refractivity contribution in [3.05, 3.63) is 28.8 Å². The molecule has 0 bridgehead atoms. The lowest BCUT2D eigenvalue weighted by Crippen LogP contribution is -2.38. The van der Waals surface area contributed by atoms with Crippen molar-refractivity contribution in [1.29, 1.82) is 0 Å². The monoisotopic (exact) mass is 282 g/mol. The molecule has 0 aliphatic carbocycles.